The highest BCUT2D eigenvalue weighted by Crippen LogP contribution is 2.42. The van der Waals surface area contributed by atoms with Gasteiger partial charge in [0.2, 0.25) is 5.91 Å². The molecule has 0 aliphatic rings. The standard InChI is InChI=1S/C37H72NO8P/c1-3-5-7-9-11-13-15-16-17-18-20-21-23-25-27-29-36(40)38-31-32-45-47(42,43)46-34-35(39)33-44-37(41)30-28-26-24-22-19-14-12-10-8-6-4-2/h10,12,35,39H,3-9,11,13-34H2,1-2H3,(H,38,40)(H,42,43)/b12-10-. The number of phosphoric acid groups is 1. The summed E-state index contributed by atoms with van der Waals surface area (Å²) in [6, 6.07) is 0. The normalized spacial score (nSPS) is 13.5. The Morgan fingerprint density at radius 2 is 1.11 bits per heavy atom. The average Bonchev–Trinajstić information content (AvgIpc) is 3.05. The van der Waals surface area contributed by atoms with E-state index >= 15 is 0 Å². The van der Waals surface area contributed by atoms with E-state index in [0.717, 1.165) is 64.2 Å². The monoisotopic (exact) mass is 689 g/mol. The number of ether oxygens (including phenoxy) is 1. The van der Waals surface area contributed by atoms with Crippen LogP contribution in [0.5, 0.6) is 0 Å². The predicted molar refractivity (Wildman–Crippen MR) is 192 cm³/mol. The van der Waals surface area contributed by atoms with Gasteiger partial charge in [0, 0.05) is 19.4 Å². The number of carbonyl (C=O) groups is 2. The molecular weight excluding hydrogens is 617 g/mol. The van der Waals surface area contributed by atoms with Crippen molar-refractivity contribution in [3.63, 3.8) is 0 Å². The first kappa shape index (κ1) is 45.8. The SMILES string of the molecule is CCCC/C=C\CCCCCCCC(=O)OCC(O)COP(=O)(O)OCCNC(=O)CCCCCCCCCCCCCCCCC. The maximum atomic E-state index is 12.0. The number of nitrogens with one attached hydrogen (secondary N) is 1. The largest absolute Gasteiger partial charge is 0.472 e. The van der Waals surface area contributed by atoms with Gasteiger partial charge in [-0.1, -0.05) is 148 Å². The molecular formula is C37H72NO8P. The van der Waals surface area contributed by atoms with Gasteiger partial charge in [0.05, 0.1) is 13.2 Å². The minimum Gasteiger partial charge on any atom is -0.463 e. The third kappa shape index (κ3) is 35.9. The number of hydrogen-bond donors (Lipinski definition) is 3. The average molecular weight is 690 g/mol. The number of carbonyl (C=O) groups excluding carboxylic acids is 2. The molecule has 2 unspecified atom stereocenters. The van der Waals surface area contributed by atoms with E-state index in [4.69, 9.17) is 13.8 Å². The zero-order chi connectivity index (χ0) is 34.7. The van der Waals surface area contributed by atoms with Crippen LogP contribution in [0.15, 0.2) is 12.2 Å². The number of phosphoric ester groups is 1. The third-order valence-electron chi connectivity index (χ3n) is 8.20. The predicted octanol–water partition coefficient (Wildman–Crippen LogP) is 9.88. The highest BCUT2D eigenvalue weighted by Gasteiger charge is 2.23. The molecule has 0 spiro atoms. The third-order valence-corrected chi connectivity index (χ3v) is 9.18. The Balaban J connectivity index is 3.60. The fraction of sp³-hybridized carbons (Fsp3) is 0.892. The minimum absolute atomic E-state index is 0.0851. The van der Waals surface area contributed by atoms with Gasteiger partial charge < -0.3 is 20.1 Å². The van der Waals surface area contributed by atoms with Crippen LogP contribution in [0.3, 0.4) is 0 Å². The van der Waals surface area contributed by atoms with Crippen LogP contribution < -0.4 is 5.32 Å². The highest BCUT2D eigenvalue weighted by molar-refractivity contribution is 7.47. The summed E-state index contributed by atoms with van der Waals surface area (Å²) in [6.07, 6.45) is 32.8. The molecule has 0 rings (SSSR count). The van der Waals surface area contributed by atoms with E-state index in [1.165, 1.54) is 89.9 Å². The quantitative estimate of drug-likeness (QED) is 0.0256. The molecule has 0 aromatic heterocycles. The number of aliphatic hydroxyl groups excluding tert-OH is 1. The molecule has 0 aliphatic carbocycles. The van der Waals surface area contributed by atoms with Crippen LogP contribution in [-0.2, 0) is 27.9 Å². The zero-order valence-electron chi connectivity index (χ0n) is 30.2. The van der Waals surface area contributed by atoms with Crippen molar-refractivity contribution in [1.29, 1.82) is 0 Å². The molecule has 278 valence electrons. The van der Waals surface area contributed by atoms with Gasteiger partial charge in [0.1, 0.15) is 12.7 Å². The van der Waals surface area contributed by atoms with E-state index < -0.39 is 26.5 Å². The first-order chi connectivity index (χ1) is 22.8. The number of rotatable bonds is 36. The van der Waals surface area contributed by atoms with Gasteiger partial charge in [-0.2, -0.15) is 0 Å². The lowest BCUT2D eigenvalue weighted by atomic mass is 10.0. The molecule has 10 heteroatoms. The maximum Gasteiger partial charge on any atom is 0.472 e. The van der Waals surface area contributed by atoms with Crippen molar-refractivity contribution in [3.8, 4) is 0 Å². The molecule has 0 heterocycles. The molecule has 2 atom stereocenters. The smallest absolute Gasteiger partial charge is 0.463 e. The summed E-state index contributed by atoms with van der Waals surface area (Å²) in [4.78, 5) is 33.7. The second-order valence-corrected chi connectivity index (χ2v) is 14.4. The Labute approximate surface area is 288 Å². The van der Waals surface area contributed by atoms with Crippen LogP contribution in [0, 0.1) is 0 Å². The van der Waals surface area contributed by atoms with Crippen molar-refractivity contribution in [2.75, 3.05) is 26.4 Å². The number of unbranched alkanes of at least 4 members (excludes halogenated alkanes) is 21. The molecule has 9 nitrogen and oxygen atoms in total. The summed E-state index contributed by atoms with van der Waals surface area (Å²) < 4.78 is 26.7. The number of hydrogen-bond acceptors (Lipinski definition) is 7. The fourth-order valence-corrected chi connectivity index (χ4v) is 6.00. The molecule has 0 fully saturated rings. The highest BCUT2D eigenvalue weighted by atomic mass is 31.2. The van der Waals surface area contributed by atoms with Crippen molar-refractivity contribution in [1.82, 2.24) is 5.32 Å². The molecule has 3 N–H and O–H groups in total. The van der Waals surface area contributed by atoms with E-state index in [1.807, 2.05) is 0 Å². The van der Waals surface area contributed by atoms with Crippen molar-refractivity contribution in [2.45, 2.75) is 187 Å². The lowest BCUT2D eigenvalue weighted by Gasteiger charge is -2.15. The molecule has 0 bridgehead atoms. The molecule has 0 aliphatic heterocycles. The first-order valence-electron chi connectivity index (χ1n) is 19.2. The summed E-state index contributed by atoms with van der Waals surface area (Å²) in [5.74, 6) is -0.522. The van der Waals surface area contributed by atoms with Crippen molar-refractivity contribution < 1.29 is 37.9 Å². The molecule has 0 aromatic rings. The van der Waals surface area contributed by atoms with E-state index in [9.17, 15) is 24.2 Å². The number of esters is 1. The number of aliphatic hydroxyl groups is 1. The second kappa shape index (κ2) is 34.6. The van der Waals surface area contributed by atoms with Crippen molar-refractivity contribution in [2.24, 2.45) is 0 Å². The fourth-order valence-electron chi connectivity index (χ4n) is 5.24. The summed E-state index contributed by atoms with van der Waals surface area (Å²) >= 11 is 0. The minimum atomic E-state index is -4.40. The number of allylic oxidation sites excluding steroid dienone is 2. The molecule has 0 saturated heterocycles. The molecule has 47 heavy (non-hydrogen) atoms. The van der Waals surface area contributed by atoms with Crippen LogP contribution in [0.2, 0.25) is 0 Å². The summed E-state index contributed by atoms with van der Waals surface area (Å²) in [5, 5.41) is 12.6. The molecule has 1 amide bonds. The van der Waals surface area contributed by atoms with Crippen molar-refractivity contribution in [3.05, 3.63) is 12.2 Å². The Morgan fingerprint density at radius 3 is 1.66 bits per heavy atom. The van der Waals surface area contributed by atoms with Gasteiger partial charge in [-0.3, -0.25) is 18.6 Å². The summed E-state index contributed by atoms with van der Waals surface area (Å²) in [7, 11) is -4.40. The van der Waals surface area contributed by atoms with Crippen LogP contribution >= 0.6 is 7.82 Å². The van der Waals surface area contributed by atoms with Crippen molar-refractivity contribution >= 4 is 19.7 Å². The number of amides is 1. The lowest BCUT2D eigenvalue weighted by Crippen LogP contribution is -2.27. The Bertz CT molecular complexity index is 794. The maximum absolute atomic E-state index is 12.0. The Hall–Kier alpha value is -1.25. The van der Waals surface area contributed by atoms with Crippen LogP contribution in [0.4, 0.5) is 0 Å². The summed E-state index contributed by atoms with van der Waals surface area (Å²) in [5.41, 5.74) is 0. The van der Waals surface area contributed by atoms with Gasteiger partial charge in [-0.05, 0) is 32.1 Å². The Morgan fingerprint density at radius 1 is 0.638 bits per heavy atom. The van der Waals surface area contributed by atoms with Gasteiger partial charge >= 0.3 is 13.8 Å². The van der Waals surface area contributed by atoms with E-state index in [2.05, 4.69) is 31.3 Å². The van der Waals surface area contributed by atoms with Gasteiger partial charge in [-0.25, -0.2) is 4.57 Å². The molecule has 0 saturated carbocycles. The first-order valence-corrected chi connectivity index (χ1v) is 20.7. The van der Waals surface area contributed by atoms with E-state index in [-0.39, 0.29) is 32.1 Å². The van der Waals surface area contributed by atoms with Crippen LogP contribution in [0.1, 0.15) is 181 Å². The van der Waals surface area contributed by atoms with Gasteiger partial charge in [-0.15, -0.1) is 0 Å². The van der Waals surface area contributed by atoms with Gasteiger partial charge in [0.15, 0.2) is 0 Å². The zero-order valence-corrected chi connectivity index (χ0v) is 31.1. The summed E-state index contributed by atoms with van der Waals surface area (Å²) in [6.45, 7) is 3.51. The molecule has 0 radical (unpaired) electrons. The van der Waals surface area contributed by atoms with E-state index in [0.29, 0.717) is 6.42 Å². The van der Waals surface area contributed by atoms with Crippen LogP contribution in [0.25, 0.3) is 0 Å². The topological polar surface area (TPSA) is 131 Å². The van der Waals surface area contributed by atoms with Gasteiger partial charge in [0.25, 0.3) is 0 Å². The lowest BCUT2D eigenvalue weighted by molar-refractivity contribution is -0.147. The molecule has 0 aromatic carbocycles. The Kier molecular flexibility index (Phi) is 33.7. The van der Waals surface area contributed by atoms with Crippen LogP contribution in [-0.4, -0.2) is 54.3 Å². The second-order valence-electron chi connectivity index (χ2n) is 12.9. The van der Waals surface area contributed by atoms with E-state index in [1.54, 1.807) is 0 Å².